The molecule has 0 saturated carbocycles. The van der Waals surface area contributed by atoms with Gasteiger partial charge in [0.15, 0.2) is 0 Å². The van der Waals surface area contributed by atoms with E-state index in [4.69, 9.17) is 16.3 Å². The molecule has 1 aliphatic rings. The number of aryl methyl sites for hydroxylation is 1. The van der Waals surface area contributed by atoms with Crippen LogP contribution in [-0.4, -0.2) is 34.1 Å². The van der Waals surface area contributed by atoms with Gasteiger partial charge in [-0.1, -0.05) is 29.8 Å². The van der Waals surface area contributed by atoms with Gasteiger partial charge in [0.25, 0.3) is 0 Å². The molecule has 1 aromatic heterocycles. The maximum absolute atomic E-state index is 6.30. The van der Waals surface area contributed by atoms with Gasteiger partial charge in [-0.25, -0.2) is 0 Å². The minimum atomic E-state index is 0.00306. The molecule has 2 heterocycles. The molecule has 0 radical (unpaired) electrons. The topological polar surface area (TPSA) is 38.2 Å². The molecule has 22 heavy (non-hydrogen) atoms. The van der Waals surface area contributed by atoms with Crippen LogP contribution in [0.25, 0.3) is 0 Å². The Balaban J connectivity index is 1.74. The van der Waals surface area contributed by atoms with Crippen LogP contribution in [0.1, 0.15) is 30.0 Å². The highest BCUT2D eigenvalue weighted by molar-refractivity contribution is 6.31. The van der Waals surface area contributed by atoms with Crippen molar-refractivity contribution in [2.45, 2.75) is 32.5 Å². The highest BCUT2D eigenvalue weighted by Gasteiger charge is 2.28. The minimum absolute atomic E-state index is 0.00306. The molecule has 1 aromatic carbocycles. The van der Waals surface area contributed by atoms with Gasteiger partial charge in [0.05, 0.1) is 24.1 Å². The fourth-order valence-corrected chi connectivity index (χ4v) is 2.92. The van der Waals surface area contributed by atoms with Crippen LogP contribution in [0.15, 0.2) is 36.7 Å². The first kappa shape index (κ1) is 15.4. The third kappa shape index (κ3) is 3.46. The van der Waals surface area contributed by atoms with E-state index in [1.807, 2.05) is 43.6 Å². The van der Waals surface area contributed by atoms with Crippen LogP contribution in [0.3, 0.4) is 0 Å². The van der Waals surface area contributed by atoms with Gasteiger partial charge < -0.3 is 4.74 Å². The quantitative estimate of drug-likeness (QED) is 0.869. The van der Waals surface area contributed by atoms with Crippen molar-refractivity contribution in [1.82, 2.24) is 14.9 Å². The molecular formula is C17H20ClN3O. The van der Waals surface area contributed by atoms with E-state index in [1.54, 1.807) is 0 Å². The van der Waals surface area contributed by atoms with E-state index in [9.17, 15) is 0 Å². The Kier molecular flexibility index (Phi) is 4.71. The number of ether oxygens (including phenoxy) is 1. The van der Waals surface area contributed by atoms with Crippen LogP contribution in [0, 0.1) is 6.92 Å². The molecule has 0 amide bonds. The van der Waals surface area contributed by atoms with Gasteiger partial charge in [0.1, 0.15) is 0 Å². The SMILES string of the molecule is Cc1cnc(CN2C[C@@H](c3ccccc3Cl)OC[C@H]2C)cn1. The lowest BCUT2D eigenvalue weighted by Gasteiger charge is -2.38. The monoisotopic (exact) mass is 317 g/mol. The van der Waals surface area contributed by atoms with Gasteiger partial charge >= 0.3 is 0 Å². The summed E-state index contributed by atoms with van der Waals surface area (Å²) in [5.74, 6) is 0. The second-order valence-electron chi connectivity index (χ2n) is 5.77. The van der Waals surface area contributed by atoms with Crippen LogP contribution in [0.5, 0.6) is 0 Å². The predicted molar refractivity (Wildman–Crippen MR) is 86.8 cm³/mol. The second kappa shape index (κ2) is 6.73. The molecule has 1 saturated heterocycles. The lowest BCUT2D eigenvalue weighted by molar-refractivity contribution is -0.0636. The Morgan fingerprint density at radius 3 is 2.82 bits per heavy atom. The Labute approximate surface area is 136 Å². The Morgan fingerprint density at radius 2 is 2.09 bits per heavy atom. The first-order valence-electron chi connectivity index (χ1n) is 7.51. The average Bonchev–Trinajstić information content (AvgIpc) is 2.52. The molecule has 1 aliphatic heterocycles. The third-order valence-corrected chi connectivity index (χ3v) is 4.36. The maximum atomic E-state index is 6.30. The molecule has 0 unspecified atom stereocenters. The van der Waals surface area contributed by atoms with E-state index >= 15 is 0 Å². The van der Waals surface area contributed by atoms with Gasteiger partial charge in [-0.2, -0.15) is 0 Å². The van der Waals surface area contributed by atoms with E-state index in [2.05, 4.69) is 21.8 Å². The summed E-state index contributed by atoms with van der Waals surface area (Å²) >= 11 is 6.30. The maximum Gasteiger partial charge on any atom is 0.0967 e. The lowest BCUT2D eigenvalue weighted by atomic mass is 10.1. The molecule has 0 N–H and O–H groups in total. The summed E-state index contributed by atoms with van der Waals surface area (Å²) in [6.45, 7) is 6.39. The largest absolute Gasteiger partial charge is 0.371 e. The van der Waals surface area contributed by atoms with Crippen molar-refractivity contribution in [3.8, 4) is 0 Å². The van der Waals surface area contributed by atoms with Gasteiger partial charge in [0.2, 0.25) is 0 Å². The number of rotatable bonds is 3. The summed E-state index contributed by atoms with van der Waals surface area (Å²) in [5, 5.41) is 0.761. The van der Waals surface area contributed by atoms with Crippen molar-refractivity contribution < 1.29 is 4.74 Å². The molecule has 0 aliphatic carbocycles. The normalized spacial score (nSPS) is 22.7. The van der Waals surface area contributed by atoms with Crippen molar-refractivity contribution in [2.75, 3.05) is 13.2 Å². The van der Waals surface area contributed by atoms with Gasteiger partial charge in [-0.15, -0.1) is 0 Å². The van der Waals surface area contributed by atoms with Gasteiger partial charge in [0, 0.05) is 42.1 Å². The summed E-state index contributed by atoms with van der Waals surface area (Å²) in [6.07, 6.45) is 3.66. The van der Waals surface area contributed by atoms with Gasteiger partial charge in [-0.05, 0) is 19.9 Å². The Bertz CT molecular complexity index is 632. The summed E-state index contributed by atoms with van der Waals surface area (Å²) < 4.78 is 5.98. The van der Waals surface area contributed by atoms with Gasteiger partial charge in [-0.3, -0.25) is 14.9 Å². The molecule has 2 atom stereocenters. The highest BCUT2D eigenvalue weighted by Crippen LogP contribution is 2.30. The molecule has 2 aromatic rings. The number of nitrogens with zero attached hydrogens (tertiary/aromatic N) is 3. The van der Waals surface area contributed by atoms with Crippen LogP contribution in [0.4, 0.5) is 0 Å². The summed E-state index contributed by atoms with van der Waals surface area (Å²) in [6, 6.07) is 8.23. The van der Waals surface area contributed by atoms with Crippen molar-refractivity contribution in [1.29, 1.82) is 0 Å². The molecule has 1 fully saturated rings. The second-order valence-corrected chi connectivity index (χ2v) is 6.18. The van der Waals surface area contributed by atoms with E-state index in [0.717, 1.165) is 35.1 Å². The van der Waals surface area contributed by atoms with Crippen LogP contribution >= 0.6 is 11.6 Å². The van der Waals surface area contributed by atoms with Crippen LogP contribution in [0.2, 0.25) is 5.02 Å². The lowest BCUT2D eigenvalue weighted by Crippen LogP contribution is -2.44. The average molecular weight is 318 g/mol. The number of hydrogen-bond donors (Lipinski definition) is 0. The van der Waals surface area contributed by atoms with E-state index < -0.39 is 0 Å². The number of aromatic nitrogens is 2. The zero-order valence-electron chi connectivity index (χ0n) is 12.9. The highest BCUT2D eigenvalue weighted by atomic mass is 35.5. The van der Waals surface area contributed by atoms with Crippen molar-refractivity contribution in [3.05, 3.63) is 58.6 Å². The standard InChI is InChI=1S/C17H20ClN3O/c1-12-7-20-14(8-19-12)9-21-10-17(22-11-13(21)2)15-5-3-4-6-16(15)18/h3-8,13,17H,9-11H2,1-2H3/t13-,17+/m1/s1. The molecule has 4 nitrogen and oxygen atoms in total. The zero-order chi connectivity index (χ0) is 15.5. The van der Waals surface area contributed by atoms with E-state index in [1.165, 1.54) is 0 Å². The summed E-state index contributed by atoms with van der Waals surface area (Å²) in [5.41, 5.74) is 2.97. The first-order valence-corrected chi connectivity index (χ1v) is 7.89. The molecule has 0 spiro atoms. The Hall–Kier alpha value is -1.49. The molecule has 0 bridgehead atoms. The van der Waals surface area contributed by atoms with Crippen molar-refractivity contribution >= 4 is 11.6 Å². The number of morpholine rings is 1. The predicted octanol–water partition coefficient (Wildman–Crippen LogP) is 3.40. The zero-order valence-corrected chi connectivity index (χ0v) is 13.6. The molecular weight excluding hydrogens is 298 g/mol. The van der Waals surface area contributed by atoms with Crippen molar-refractivity contribution in [2.24, 2.45) is 0 Å². The number of benzene rings is 1. The summed E-state index contributed by atoms with van der Waals surface area (Å²) in [7, 11) is 0. The molecule has 116 valence electrons. The van der Waals surface area contributed by atoms with E-state index in [0.29, 0.717) is 12.6 Å². The third-order valence-electron chi connectivity index (χ3n) is 4.01. The number of halogens is 1. The Morgan fingerprint density at radius 1 is 1.27 bits per heavy atom. The molecule has 5 heteroatoms. The fraction of sp³-hybridized carbons (Fsp3) is 0.412. The minimum Gasteiger partial charge on any atom is -0.371 e. The first-order chi connectivity index (χ1) is 10.6. The van der Waals surface area contributed by atoms with Crippen LogP contribution in [-0.2, 0) is 11.3 Å². The summed E-state index contributed by atoms with van der Waals surface area (Å²) in [4.78, 5) is 11.1. The smallest absolute Gasteiger partial charge is 0.0967 e. The van der Waals surface area contributed by atoms with Crippen LogP contribution < -0.4 is 0 Å². The van der Waals surface area contributed by atoms with Crippen molar-refractivity contribution in [3.63, 3.8) is 0 Å². The molecule has 3 rings (SSSR count). The van der Waals surface area contributed by atoms with E-state index in [-0.39, 0.29) is 6.10 Å². The number of hydrogen-bond acceptors (Lipinski definition) is 4. The fourth-order valence-electron chi connectivity index (χ4n) is 2.66.